The minimum atomic E-state index is -0.882. The number of piperidine rings is 1. The molecule has 1 saturated heterocycles. The lowest BCUT2D eigenvalue weighted by atomic mass is 9.95. The molecule has 4 nitrogen and oxygen atoms in total. The Morgan fingerprint density at radius 1 is 1.03 bits per heavy atom. The lowest BCUT2D eigenvalue weighted by molar-refractivity contribution is -0.126. The summed E-state index contributed by atoms with van der Waals surface area (Å²) in [5.41, 5.74) is 0.481. The van der Waals surface area contributed by atoms with E-state index < -0.39 is 17.5 Å². The van der Waals surface area contributed by atoms with Crippen LogP contribution in [0.25, 0.3) is 0 Å². The van der Waals surface area contributed by atoms with Gasteiger partial charge in [-0.2, -0.15) is 11.8 Å². The van der Waals surface area contributed by atoms with Gasteiger partial charge in [0.2, 0.25) is 5.91 Å². The number of rotatable bonds is 7. The van der Waals surface area contributed by atoms with Gasteiger partial charge in [-0.1, -0.05) is 18.2 Å². The van der Waals surface area contributed by atoms with Gasteiger partial charge in [0.15, 0.2) is 0 Å². The Bertz CT molecular complexity index is 902. The van der Waals surface area contributed by atoms with Crippen LogP contribution in [0.3, 0.4) is 0 Å². The Morgan fingerprint density at radius 3 is 2.47 bits per heavy atom. The van der Waals surface area contributed by atoms with Gasteiger partial charge in [0, 0.05) is 43.1 Å². The Morgan fingerprint density at radius 2 is 1.77 bits per heavy atom. The molecule has 2 aromatic rings. The number of nitrogens with zero attached hydrogens (tertiary/aromatic N) is 1. The van der Waals surface area contributed by atoms with Crippen LogP contribution < -0.4 is 5.32 Å². The molecule has 2 aromatic carbocycles. The molecular formula is C22H23F3N2O2S. The van der Waals surface area contributed by atoms with E-state index in [1.165, 1.54) is 11.0 Å². The van der Waals surface area contributed by atoms with Crippen molar-refractivity contribution in [2.75, 3.05) is 25.4 Å². The van der Waals surface area contributed by atoms with Gasteiger partial charge in [0.1, 0.15) is 17.5 Å². The SMILES string of the molecule is O=C(NCCSCc1ccccc1F)C1CCN(C(=O)c2ccc(F)cc2F)CC1. The summed E-state index contributed by atoms with van der Waals surface area (Å²) in [6, 6.07) is 9.51. The summed E-state index contributed by atoms with van der Waals surface area (Å²) >= 11 is 1.54. The van der Waals surface area contributed by atoms with Crippen LogP contribution in [0.5, 0.6) is 0 Å². The van der Waals surface area contributed by atoms with E-state index in [0.717, 1.165) is 12.1 Å². The fraction of sp³-hybridized carbons (Fsp3) is 0.364. The third-order valence-electron chi connectivity index (χ3n) is 5.08. The highest BCUT2D eigenvalue weighted by molar-refractivity contribution is 7.98. The molecule has 160 valence electrons. The fourth-order valence-corrected chi connectivity index (χ4v) is 4.21. The number of amides is 2. The topological polar surface area (TPSA) is 49.4 Å². The van der Waals surface area contributed by atoms with E-state index >= 15 is 0 Å². The third kappa shape index (κ3) is 5.78. The molecule has 1 aliphatic rings. The molecular weight excluding hydrogens is 413 g/mol. The van der Waals surface area contributed by atoms with Gasteiger partial charge in [-0.25, -0.2) is 13.2 Å². The number of nitrogens with one attached hydrogen (secondary N) is 1. The van der Waals surface area contributed by atoms with E-state index in [4.69, 9.17) is 0 Å². The van der Waals surface area contributed by atoms with Crippen LogP contribution in [0.1, 0.15) is 28.8 Å². The lowest BCUT2D eigenvalue weighted by Crippen LogP contribution is -2.43. The van der Waals surface area contributed by atoms with Crippen molar-refractivity contribution in [2.24, 2.45) is 5.92 Å². The smallest absolute Gasteiger partial charge is 0.256 e. The first kappa shape index (κ1) is 22.2. The van der Waals surface area contributed by atoms with Crippen molar-refractivity contribution in [3.63, 3.8) is 0 Å². The van der Waals surface area contributed by atoms with E-state index in [2.05, 4.69) is 5.32 Å². The van der Waals surface area contributed by atoms with E-state index in [1.807, 2.05) is 0 Å². The molecule has 0 atom stereocenters. The number of hydrogen-bond donors (Lipinski definition) is 1. The number of likely N-dealkylation sites (tertiary alicyclic amines) is 1. The molecule has 0 aliphatic carbocycles. The molecule has 0 bridgehead atoms. The highest BCUT2D eigenvalue weighted by atomic mass is 32.2. The zero-order valence-electron chi connectivity index (χ0n) is 16.4. The van der Waals surface area contributed by atoms with E-state index in [9.17, 15) is 22.8 Å². The number of carbonyl (C=O) groups excluding carboxylic acids is 2. The van der Waals surface area contributed by atoms with Crippen molar-refractivity contribution < 1.29 is 22.8 Å². The van der Waals surface area contributed by atoms with Crippen molar-refractivity contribution >= 4 is 23.6 Å². The monoisotopic (exact) mass is 436 g/mol. The predicted molar refractivity (Wildman–Crippen MR) is 111 cm³/mol. The Hall–Kier alpha value is -2.48. The van der Waals surface area contributed by atoms with Crippen LogP contribution >= 0.6 is 11.8 Å². The first-order valence-corrected chi connectivity index (χ1v) is 10.9. The molecule has 2 amide bonds. The molecule has 1 N–H and O–H groups in total. The average molecular weight is 436 g/mol. The van der Waals surface area contributed by atoms with Crippen LogP contribution in [0.2, 0.25) is 0 Å². The van der Waals surface area contributed by atoms with Crippen molar-refractivity contribution in [1.29, 1.82) is 0 Å². The van der Waals surface area contributed by atoms with E-state index in [-0.39, 0.29) is 23.2 Å². The first-order valence-electron chi connectivity index (χ1n) is 9.79. The highest BCUT2D eigenvalue weighted by Crippen LogP contribution is 2.21. The molecule has 1 aliphatic heterocycles. The number of carbonyl (C=O) groups is 2. The summed E-state index contributed by atoms with van der Waals surface area (Å²) in [5, 5.41) is 2.89. The van der Waals surface area contributed by atoms with Crippen molar-refractivity contribution in [3.05, 3.63) is 71.0 Å². The number of thioether (sulfide) groups is 1. The minimum absolute atomic E-state index is 0.0680. The molecule has 0 saturated carbocycles. The highest BCUT2D eigenvalue weighted by Gasteiger charge is 2.28. The van der Waals surface area contributed by atoms with Gasteiger partial charge in [-0.3, -0.25) is 9.59 Å². The number of halogens is 3. The molecule has 8 heteroatoms. The summed E-state index contributed by atoms with van der Waals surface area (Å²) < 4.78 is 40.4. The average Bonchev–Trinajstić information content (AvgIpc) is 2.74. The van der Waals surface area contributed by atoms with Crippen molar-refractivity contribution in [2.45, 2.75) is 18.6 Å². The Labute approximate surface area is 177 Å². The van der Waals surface area contributed by atoms with Gasteiger partial charge in [0.25, 0.3) is 5.91 Å². The van der Waals surface area contributed by atoms with Crippen LogP contribution in [-0.2, 0) is 10.5 Å². The van der Waals surface area contributed by atoms with Crippen molar-refractivity contribution in [1.82, 2.24) is 10.2 Å². The summed E-state index contributed by atoms with van der Waals surface area (Å²) in [6.07, 6.45) is 0.978. The summed E-state index contributed by atoms with van der Waals surface area (Å²) in [4.78, 5) is 26.3. The van der Waals surface area contributed by atoms with E-state index in [1.54, 1.807) is 30.0 Å². The molecule has 3 rings (SSSR count). The van der Waals surface area contributed by atoms with E-state index in [0.29, 0.717) is 55.6 Å². The maximum Gasteiger partial charge on any atom is 0.256 e. The zero-order valence-corrected chi connectivity index (χ0v) is 17.2. The zero-order chi connectivity index (χ0) is 21.5. The van der Waals surface area contributed by atoms with Crippen molar-refractivity contribution in [3.8, 4) is 0 Å². The second-order valence-electron chi connectivity index (χ2n) is 7.13. The minimum Gasteiger partial charge on any atom is -0.355 e. The number of benzene rings is 2. The van der Waals surface area contributed by atoms with Gasteiger partial charge in [-0.05, 0) is 36.6 Å². The quantitative estimate of drug-likeness (QED) is 0.668. The maximum absolute atomic E-state index is 13.8. The second-order valence-corrected chi connectivity index (χ2v) is 8.23. The molecule has 0 radical (unpaired) electrons. The Balaban J connectivity index is 1.37. The lowest BCUT2D eigenvalue weighted by Gasteiger charge is -2.31. The second kappa shape index (κ2) is 10.5. The third-order valence-corrected chi connectivity index (χ3v) is 6.08. The van der Waals surface area contributed by atoms with Crippen LogP contribution in [0, 0.1) is 23.4 Å². The molecule has 1 heterocycles. The summed E-state index contributed by atoms with van der Waals surface area (Å²) in [6.45, 7) is 1.17. The molecule has 1 fully saturated rings. The summed E-state index contributed by atoms with van der Waals surface area (Å²) in [7, 11) is 0. The van der Waals surface area contributed by atoms with Crippen LogP contribution in [0.4, 0.5) is 13.2 Å². The van der Waals surface area contributed by atoms with Gasteiger partial charge < -0.3 is 10.2 Å². The van der Waals surface area contributed by atoms with Gasteiger partial charge in [-0.15, -0.1) is 0 Å². The van der Waals surface area contributed by atoms with Gasteiger partial charge in [0.05, 0.1) is 5.56 Å². The molecule has 0 unspecified atom stereocenters. The molecule has 0 aromatic heterocycles. The standard InChI is InChI=1S/C22H23F3N2O2S/c23-17-5-6-18(20(25)13-17)22(29)27-10-7-15(8-11-27)21(28)26-9-12-30-14-16-3-1-2-4-19(16)24/h1-6,13,15H,7-12,14H2,(H,26,28). The maximum atomic E-state index is 13.8. The normalized spacial score (nSPS) is 14.6. The largest absolute Gasteiger partial charge is 0.355 e. The molecule has 30 heavy (non-hydrogen) atoms. The summed E-state index contributed by atoms with van der Waals surface area (Å²) in [5.74, 6) is -1.39. The van der Waals surface area contributed by atoms with Crippen LogP contribution in [-0.4, -0.2) is 42.1 Å². The predicted octanol–water partition coefficient (Wildman–Crippen LogP) is 4.01. The Kier molecular flexibility index (Phi) is 7.79. The molecule has 0 spiro atoms. The van der Waals surface area contributed by atoms with Crippen LogP contribution in [0.15, 0.2) is 42.5 Å². The fourth-order valence-electron chi connectivity index (χ4n) is 3.37. The number of hydrogen-bond acceptors (Lipinski definition) is 3. The van der Waals surface area contributed by atoms with Gasteiger partial charge >= 0.3 is 0 Å². The first-order chi connectivity index (χ1) is 14.5.